The number of aliphatic imine (C=N–C) groups is 1. The third-order valence-electron chi connectivity index (χ3n) is 4.58. The SMILES string of the molecule is CCOc1ccc(CCNC(=NC)NCC2CCN(C)C2)cc1OCC.I. The van der Waals surface area contributed by atoms with Crippen molar-refractivity contribution in [3.63, 3.8) is 0 Å². The summed E-state index contributed by atoms with van der Waals surface area (Å²) in [7, 11) is 4.00. The lowest BCUT2D eigenvalue weighted by molar-refractivity contribution is 0.287. The molecule has 2 rings (SSSR count). The third-order valence-corrected chi connectivity index (χ3v) is 4.58. The van der Waals surface area contributed by atoms with Gasteiger partial charge in [0.1, 0.15) is 0 Å². The topological polar surface area (TPSA) is 58.1 Å². The first-order chi connectivity index (χ1) is 12.7. The molecule has 1 aromatic rings. The zero-order chi connectivity index (χ0) is 18.8. The van der Waals surface area contributed by atoms with Crippen LogP contribution >= 0.6 is 24.0 Å². The van der Waals surface area contributed by atoms with Crippen molar-refractivity contribution in [3.8, 4) is 11.5 Å². The summed E-state index contributed by atoms with van der Waals surface area (Å²) in [5, 5.41) is 6.84. The summed E-state index contributed by atoms with van der Waals surface area (Å²) in [6.07, 6.45) is 2.16. The minimum absolute atomic E-state index is 0. The number of rotatable bonds is 9. The number of guanidine groups is 1. The number of benzene rings is 1. The van der Waals surface area contributed by atoms with Gasteiger partial charge in [0.05, 0.1) is 13.2 Å². The molecule has 0 aromatic heterocycles. The molecule has 1 aliphatic rings. The summed E-state index contributed by atoms with van der Waals surface area (Å²) in [5.74, 6) is 3.21. The van der Waals surface area contributed by atoms with Crippen molar-refractivity contribution in [3.05, 3.63) is 23.8 Å². The third kappa shape index (κ3) is 8.13. The molecule has 154 valence electrons. The number of halogens is 1. The average Bonchev–Trinajstić information content (AvgIpc) is 3.05. The molecule has 2 N–H and O–H groups in total. The molecule has 1 heterocycles. The Hall–Kier alpha value is -1.22. The van der Waals surface area contributed by atoms with Gasteiger partial charge >= 0.3 is 0 Å². The van der Waals surface area contributed by atoms with Crippen molar-refractivity contribution in [2.75, 3.05) is 53.5 Å². The van der Waals surface area contributed by atoms with Gasteiger partial charge in [0.2, 0.25) is 0 Å². The summed E-state index contributed by atoms with van der Waals surface area (Å²) >= 11 is 0. The van der Waals surface area contributed by atoms with Crippen LogP contribution in [0, 0.1) is 5.92 Å². The molecule has 0 saturated carbocycles. The molecular weight excluding hydrogens is 455 g/mol. The molecule has 7 heteroatoms. The van der Waals surface area contributed by atoms with Crippen LogP contribution in [-0.2, 0) is 6.42 Å². The van der Waals surface area contributed by atoms with Gasteiger partial charge in [0.15, 0.2) is 17.5 Å². The molecule has 27 heavy (non-hydrogen) atoms. The van der Waals surface area contributed by atoms with Crippen molar-refractivity contribution in [2.24, 2.45) is 10.9 Å². The second kappa shape index (κ2) is 13.0. The predicted molar refractivity (Wildman–Crippen MR) is 123 cm³/mol. The highest BCUT2D eigenvalue weighted by atomic mass is 127. The molecule has 0 amide bonds. The molecule has 1 aromatic carbocycles. The Morgan fingerprint density at radius 1 is 1.19 bits per heavy atom. The number of ether oxygens (including phenoxy) is 2. The lowest BCUT2D eigenvalue weighted by Gasteiger charge is -2.16. The van der Waals surface area contributed by atoms with Crippen LogP contribution in [0.25, 0.3) is 0 Å². The Morgan fingerprint density at radius 2 is 1.93 bits per heavy atom. The molecule has 0 aliphatic carbocycles. The van der Waals surface area contributed by atoms with Gasteiger partial charge < -0.3 is 25.0 Å². The van der Waals surface area contributed by atoms with Gasteiger partial charge in [0.25, 0.3) is 0 Å². The fraction of sp³-hybridized carbons (Fsp3) is 0.650. The van der Waals surface area contributed by atoms with E-state index < -0.39 is 0 Å². The Kier molecular flexibility index (Phi) is 11.5. The van der Waals surface area contributed by atoms with E-state index in [2.05, 4.69) is 39.7 Å². The largest absolute Gasteiger partial charge is 0.490 e. The Labute approximate surface area is 181 Å². The van der Waals surface area contributed by atoms with Gasteiger partial charge in [0, 0.05) is 26.7 Å². The van der Waals surface area contributed by atoms with E-state index in [1.807, 2.05) is 27.0 Å². The Balaban J connectivity index is 0.00000364. The minimum atomic E-state index is 0. The van der Waals surface area contributed by atoms with E-state index in [9.17, 15) is 0 Å². The highest BCUT2D eigenvalue weighted by Gasteiger charge is 2.19. The van der Waals surface area contributed by atoms with Gasteiger partial charge in [-0.25, -0.2) is 0 Å². The fourth-order valence-corrected chi connectivity index (χ4v) is 3.23. The van der Waals surface area contributed by atoms with E-state index in [1.165, 1.54) is 18.5 Å². The highest BCUT2D eigenvalue weighted by Crippen LogP contribution is 2.28. The smallest absolute Gasteiger partial charge is 0.190 e. The molecule has 0 bridgehead atoms. The molecule has 1 fully saturated rings. The molecule has 1 atom stereocenters. The Morgan fingerprint density at radius 3 is 2.56 bits per heavy atom. The fourth-order valence-electron chi connectivity index (χ4n) is 3.23. The lowest BCUT2D eigenvalue weighted by atomic mass is 10.1. The van der Waals surface area contributed by atoms with Crippen molar-refractivity contribution in [1.82, 2.24) is 15.5 Å². The predicted octanol–water partition coefficient (Wildman–Crippen LogP) is 2.76. The number of nitrogens with zero attached hydrogens (tertiary/aromatic N) is 2. The maximum atomic E-state index is 5.70. The molecule has 6 nitrogen and oxygen atoms in total. The van der Waals surface area contributed by atoms with Gasteiger partial charge in [-0.2, -0.15) is 0 Å². The molecule has 1 aliphatic heterocycles. The quantitative estimate of drug-likeness (QED) is 0.317. The number of likely N-dealkylation sites (tertiary alicyclic amines) is 1. The standard InChI is InChI=1S/C20H34N4O2.HI/c1-5-25-18-8-7-16(13-19(18)26-6-2)9-11-22-20(21-3)23-14-17-10-12-24(4)15-17;/h7-8,13,17H,5-6,9-12,14-15H2,1-4H3,(H2,21,22,23);1H. The molecular formula is C20H35IN4O2. The van der Waals surface area contributed by atoms with Gasteiger partial charge in [-0.15, -0.1) is 24.0 Å². The second-order valence-corrected chi connectivity index (χ2v) is 6.69. The maximum Gasteiger partial charge on any atom is 0.190 e. The van der Waals surface area contributed by atoms with Crippen molar-refractivity contribution in [2.45, 2.75) is 26.7 Å². The molecule has 0 radical (unpaired) electrons. The van der Waals surface area contributed by atoms with Crippen LogP contribution in [0.5, 0.6) is 11.5 Å². The normalized spacial score (nSPS) is 17.3. The van der Waals surface area contributed by atoms with E-state index in [0.29, 0.717) is 19.1 Å². The monoisotopic (exact) mass is 490 g/mol. The minimum Gasteiger partial charge on any atom is -0.490 e. The van der Waals surface area contributed by atoms with Crippen LogP contribution in [-0.4, -0.2) is 64.3 Å². The maximum absolute atomic E-state index is 5.70. The van der Waals surface area contributed by atoms with Crippen molar-refractivity contribution in [1.29, 1.82) is 0 Å². The van der Waals surface area contributed by atoms with Crippen LogP contribution in [0.1, 0.15) is 25.8 Å². The summed E-state index contributed by atoms with van der Waals surface area (Å²) in [6.45, 7) is 9.39. The summed E-state index contributed by atoms with van der Waals surface area (Å²) in [6, 6.07) is 6.16. The van der Waals surface area contributed by atoms with Gasteiger partial charge in [-0.1, -0.05) is 6.07 Å². The molecule has 0 spiro atoms. The van der Waals surface area contributed by atoms with Crippen molar-refractivity contribution < 1.29 is 9.47 Å². The second-order valence-electron chi connectivity index (χ2n) is 6.69. The van der Waals surface area contributed by atoms with E-state index in [4.69, 9.17) is 9.47 Å². The van der Waals surface area contributed by atoms with Crippen LogP contribution in [0.3, 0.4) is 0 Å². The summed E-state index contributed by atoms with van der Waals surface area (Å²) < 4.78 is 11.3. The van der Waals surface area contributed by atoms with Crippen LogP contribution in [0.15, 0.2) is 23.2 Å². The first-order valence-corrected chi connectivity index (χ1v) is 9.67. The first-order valence-electron chi connectivity index (χ1n) is 9.67. The molecule has 1 unspecified atom stereocenters. The number of nitrogens with one attached hydrogen (secondary N) is 2. The van der Waals surface area contributed by atoms with Gasteiger partial charge in [-0.3, -0.25) is 4.99 Å². The summed E-state index contributed by atoms with van der Waals surface area (Å²) in [5.41, 5.74) is 1.22. The number of hydrogen-bond acceptors (Lipinski definition) is 4. The lowest BCUT2D eigenvalue weighted by Crippen LogP contribution is -2.41. The average molecular weight is 490 g/mol. The van der Waals surface area contributed by atoms with E-state index in [1.54, 1.807) is 0 Å². The summed E-state index contributed by atoms with van der Waals surface area (Å²) in [4.78, 5) is 6.70. The number of hydrogen-bond donors (Lipinski definition) is 2. The van der Waals surface area contributed by atoms with Crippen molar-refractivity contribution >= 4 is 29.9 Å². The molecule has 1 saturated heterocycles. The first kappa shape index (κ1) is 23.8. The van der Waals surface area contributed by atoms with E-state index in [0.717, 1.165) is 43.5 Å². The zero-order valence-electron chi connectivity index (χ0n) is 17.1. The van der Waals surface area contributed by atoms with E-state index >= 15 is 0 Å². The highest BCUT2D eigenvalue weighted by molar-refractivity contribution is 14.0. The van der Waals surface area contributed by atoms with E-state index in [-0.39, 0.29) is 24.0 Å². The van der Waals surface area contributed by atoms with Crippen LogP contribution in [0.4, 0.5) is 0 Å². The van der Waals surface area contributed by atoms with Crippen LogP contribution in [0.2, 0.25) is 0 Å². The van der Waals surface area contributed by atoms with Gasteiger partial charge in [-0.05, 0) is 63.9 Å². The van der Waals surface area contributed by atoms with Crippen LogP contribution < -0.4 is 20.1 Å². The zero-order valence-corrected chi connectivity index (χ0v) is 19.4. The Bertz CT molecular complexity index is 583.